The second kappa shape index (κ2) is 8.53. The van der Waals surface area contributed by atoms with Gasteiger partial charge in [0.05, 0.1) is 20.4 Å². The zero-order chi connectivity index (χ0) is 22.3. The van der Waals surface area contributed by atoms with Crippen LogP contribution in [0.1, 0.15) is 50.1 Å². The van der Waals surface area contributed by atoms with Crippen LogP contribution in [0.25, 0.3) is 10.2 Å². The molecular formula is C23H24FN3O3S2. The van der Waals surface area contributed by atoms with E-state index in [2.05, 4.69) is 15.6 Å². The van der Waals surface area contributed by atoms with Crippen LogP contribution in [-0.4, -0.2) is 30.6 Å². The lowest BCUT2D eigenvalue weighted by Crippen LogP contribution is -2.38. The number of fused-ring (bicyclic) bond motifs is 1. The molecule has 0 saturated heterocycles. The fourth-order valence-corrected chi connectivity index (χ4v) is 6.75. The molecule has 5 rings (SSSR count). The van der Waals surface area contributed by atoms with Crippen molar-refractivity contribution in [3.05, 3.63) is 53.8 Å². The minimum atomic E-state index is -3.28. The minimum Gasteiger partial charge on any atom is -0.300 e. The average Bonchev–Trinajstić information content (AvgIpc) is 3.38. The van der Waals surface area contributed by atoms with Gasteiger partial charge in [-0.3, -0.25) is 10.1 Å². The predicted octanol–water partition coefficient (Wildman–Crippen LogP) is 4.58. The molecule has 0 bridgehead atoms. The van der Waals surface area contributed by atoms with E-state index in [0.29, 0.717) is 38.6 Å². The molecule has 1 heterocycles. The van der Waals surface area contributed by atoms with Crippen LogP contribution in [0, 0.1) is 5.82 Å². The molecule has 1 amide bonds. The largest absolute Gasteiger partial charge is 0.300 e. The summed E-state index contributed by atoms with van der Waals surface area (Å²) in [4.78, 5) is 17.9. The first-order chi connectivity index (χ1) is 15.4. The molecule has 0 spiro atoms. The summed E-state index contributed by atoms with van der Waals surface area (Å²) in [5, 5.41) is 6.44. The molecule has 0 radical (unpaired) electrons. The maximum atomic E-state index is 13.5. The summed E-state index contributed by atoms with van der Waals surface area (Å²) >= 11 is 1.22. The second-order valence-electron chi connectivity index (χ2n) is 8.51. The Balaban J connectivity index is 1.39. The van der Waals surface area contributed by atoms with Crippen molar-refractivity contribution >= 4 is 42.4 Å². The normalized spacial score (nSPS) is 18.2. The molecule has 2 saturated carbocycles. The van der Waals surface area contributed by atoms with Gasteiger partial charge in [0, 0.05) is 6.04 Å². The second-order valence-corrected chi connectivity index (χ2v) is 11.8. The Bertz CT molecular complexity index is 1250. The average molecular weight is 474 g/mol. The Morgan fingerprint density at radius 2 is 1.78 bits per heavy atom. The number of hydrogen-bond acceptors (Lipinski definition) is 6. The monoisotopic (exact) mass is 473 g/mol. The summed E-state index contributed by atoms with van der Waals surface area (Å²) in [5.41, 5.74) is 1.33. The van der Waals surface area contributed by atoms with E-state index >= 15 is 0 Å². The van der Waals surface area contributed by atoms with Crippen molar-refractivity contribution in [2.24, 2.45) is 0 Å². The lowest BCUT2D eigenvalue weighted by Gasteiger charge is -2.22. The third kappa shape index (κ3) is 4.42. The van der Waals surface area contributed by atoms with Crippen LogP contribution < -0.4 is 10.6 Å². The Morgan fingerprint density at radius 1 is 1.06 bits per heavy atom. The van der Waals surface area contributed by atoms with E-state index in [1.807, 2.05) is 0 Å². The number of aromatic nitrogens is 1. The number of benzene rings is 2. The molecule has 168 valence electrons. The molecule has 6 nitrogen and oxygen atoms in total. The molecule has 2 aliphatic rings. The quantitative estimate of drug-likeness (QED) is 0.524. The van der Waals surface area contributed by atoms with E-state index in [1.54, 1.807) is 30.3 Å². The van der Waals surface area contributed by atoms with Crippen molar-refractivity contribution in [1.82, 2.24) is 10.3 Å². The van der Waals surface area contributed by atoms with Crippen molar-refractivity contribution in [1.29, 1.82) is 0 Å². The number of halogens is 1. The molecule has 3 aromatic rings. The van der Waals surface area contributed by atoms with E-state index in [1.165, 1.54) is 23.5 Å². The zero-order valence-electron chi connectivity index (χ0n) is 17.4. The Labute approximate surface area is 190 Å². The van der Waals surface area contributed by atoms with E-state index < -0.39 is 15.9 Å². The highest BCUT2D eigenvalue weighted by atomic mass is 32.2. The van der Waals surface area contributed by atoms with E-state index in [-0.39, 0.29) is 23.0 Å². The third-order valence-corrected chi connectivity index (χ3v) is 9.32. The van der Waals surface area contributed by atoms with Gasteiger partial charge >= 0.3 is 0 Å². The Hall–Kier alpha value is -2.36. The standard InChI is InChI=1S/C23H24FN3O3S2/c24-15-7-12-19-20(13-15)31-23(26-19)27-22(28)21(25-16-3-1-2-4-16)14-5-8-17(9-6-14)32(29,30)18-10-11-18/h5-9,12-13,16,18,21,25H,1-4,10-11H2,(H,26,27,28). The SMILES string of the molecule is O=C(Nc1nc2ccc(F)cc2s1)C(NC1CCCC1)c1ccc(S(=O)(=O)C2CC2)cc1. The lowest BCUT2D eigenvalue weighted by atomic mass is 10.0. The van der Waals surface area contributed by atoms with Gasteiger partial charge in [0.15, 0.2) is 15.0 Å². The number of carbonyl (C=O) groups excluding carboxylic acids is 1. The summed E-state index contributed by atoms with van der Waals surface area (Å²) < 4.78 is 39.2. The van der Waals surface area contributed by atoms with Crippen molar-refractivity contribution in [2.45, 2.75) is 60.8 Å². The first-order valence-corrected chi connectivity index (χ1v) is 13.2. The first kappa shape index (κ1) is 21.5. The van der Waals surface area contributed by atoms with Crippen molar-refractivity contribution < 1.29 is 17.6 Å². The van der Waals surface area contributed by atoms with E-state index in [4.69, 9.17) is 0 Å². The summed E-state index contributed by atoms with van der Waals surface area (Å²) in [5.74, 6) is -0.615. The maximum Gasteiger partial charge on any atom is 0.247 e. The van der Waals surface area contributed by atoms with Crippen LogP contribution >= 0.6 is 11.3 Å². The van der Waals surface area contributed by atoms with Gasteiger partial charge in [0.25, 0.3) is 0 Å². The fraction of sp³-hybridized carbons (Fsp3) is 0.391. The Morgan fingerprint density at radius 3 is 2.47 bits per heavy atom. The van der Waals surface area contributed by atoms with Crippen LogP contribution in [-0.2, 0) is 14.6 Å². The Kier molecular flexibility index (Phi) is 5.73. The van der Waals surface area contributed by atoms with Gasteiger partial charge in [-0.1, -0.05) is 36.3 Å². The van der Waals surface area contributed by atoms with Crippen molar-refractivity contribution in [3.63, 3.8) is 0 Å². The van der Waals surface area contributed by atoms with E-state index in [9.17, 15) is 17.6 Å². The number of carbonyl (C=O) groups is 1. The molecule has 1 unspecified atom stereocenters. The number of anilines is 1. The van der Waals surface area contributed by atoms with Gasteiger partial charge < -0.3 is 5.32 Å². The molecule has 2 aromatic carbocycles. The summed E-state index contributed by atoms with van der Waals surface area (Å²) in [7, 11) is -3.28. The number of amides is 1. The number of nitrogens with one attached hydrogen (secondary N) is 2. The van der Waals surface area contributed by atoms with Crippen LogP contribution in [0.4, 0.5) is 9.52 Å². The number of rotatable bonds is 7. The molecule has 2 N–H and O–H groups in total. The number of nitrogens with zero attached hydrogens (tertiary/aromatic N) is 1. The van der Waals surface area contributed by atoms with Gasteiger partial charge in [-0.2, -0.15) is 0 Å². The van der Waals surface area contributed by atoms with Gasteiger partial charge in [0.2, 0.25) is 5.91 Å². The molecule has 0 aliphatic heterocycles. The highest BCUT2D eigenvalue weighted by Gasteiger charge is 2.37. The molecule has 2 fully saturated rings. The molecule has 2 aliphatic carbocycles. The van der Waals surface area contributed by atoms with Crippen LogP contribution in [0.15, 0.2) is 47.4 Å². The van der Waals surface area contributed by atoms with Gasteiger partial charge in [-0.25, -0.2) is 17.8 Å². The first-order valence-electron chi connectivity index (χ1n) is 10.9. The molecule has 1 atom stereocenters. The molecule has 1 aromatic heterocycles. The van der Waals surface area contributed by atoms with Gasteiger partial charge in [-0.15, -0.1) is 0 Å². The number of hydrogen-bond donors (Lipinski definition) is 2. The summed E-state index contributed by atoms with van der Waals surface area (Å²) in [6, 6.07) is 10.5. The molecule has 9 heteroatoms. The predicted molar refractivity (Wildman–Crippen MR) is 123 cm³/mol. The molecule has 32 heavy (non-hydrogen) atoms. The van der Waals surface area contributed by atoms with Gasteiger partial charge in [0.1, 0.15) is 11.9 Å². The van der Waals surface area contributed by atoms with Gasteiger partial charge in [-0.05, 0) is 61.6 Å². The smallest absolute Gasteiger partial charge is 0.247 e. The van der Waals surface area contributed by atoms with Crippen LogP contribution in [0.2, 0.25) is 0 Å². The zero-order valence-corrected chi connectivity index (χ0v) is 19.0. The van der Waals surface area contributed by atoms with Crippen molar-refractivity contribution in [3.8, 4) is 0 Å². The summed E-state index contributed by atoms with van der Waals surface area (Å²) in [6.45, 7) is 0. The topological polar surface area (TPSA) is 88.2 Å². The third-order valence-electron chi connectivity index (χ3n) is 6.11. The lowest BCUT2D eigenvalue weighted by molar-refractivity contribution is -0.118. The van der Waals surface area contributed by atoms with E-state index in [0.717, 1.165) is 25.7 Å². The van der Waals surface area contributed by atoms with Crippen molar-refractivity contribution in [2.75, 3.05) is 5.32 Å². The highest BCUT2D eigenvalue weighted by Crippen LogP contribution is 2.34. The maximum absolute atomic E-state index is 13.5. The van der Waals surface area contributed by atoms with Crippen LogP contribution in [0.3, 0.4) is 0 Å². The van der Waals surface area contributed by atoms with Crippen LogP contribution in [0.5, 0.6) is 0 Å². The minimum absolute atomic E-state index is 0.227. The fourth-order valence-electron chi connectivity index (χ4n) is 4.20. The molecular weight excluding hydrogens is 449 g/mol. The number of thiazole rings is 1. The highest BCUT2D eigenvalue weighted by molar-refractivity contribution is 7.92. The summed E-state index contributed by atoms with van der Waals surface area (Å²) in [6.07, 6.45) is 5.66. The number of sulfone groups is 1.